The molecular formula is C17H20BrNO2. The summed E-state index contributed by atoms with van der Waals surface area (Å²) >= 11 is 3.44. The van der Waals surface area contributed by atoms with Crippen LogP contribution in [0, 0.1) is 0 Å². The van der Waals surface area contributed by atoms with E-state index in [0.717, 1.165) is 21.5 Å². The fraction of sp³-hybridized carbons (Fsp3) is 0.294. The Morgan fingerprint density at radius 3 is 2.10 bits per heavy atom. The van der Waals surface area contributed by atoms with Crippen LogP contribution >= 0.6 is 15.9 Å². The molecule has 0 fully saturated rings. The van der Waals surface area contributed by atoms with Gasteiger partial charge in [-0.25, -0.2) is 0 Å². The Balaban J connectivity index is 2.14. The van der Waals surface area contributed by atoms with Crippen molar-refractivity contribution in [1.29, 1.82) is 0 Å². The Hall–Kier alpha value is -1.52. The minimum atomic E-state index is -0.184. The average molecular weight is 350 g/mol. The first-order valence-electron chi connectivity index (χ1n) is 7.00. The summed E-state index contributed by atoms with van der Waals surface area (Å²) in [6.07, 6.45) is -0.184. The van der Waals surface area contributed by atoms with Crippen LogP contribution in [0.4, 0.5) is 0 Å². The molecule has 0 aliphatic rings. The number of rotatable bonds is 6. The molecule has 3 nitrogen and oxygen atoms in total. The Kier molecular flexibility index (Phi) is 5.65. The number of benzene rings is 2. The molecule has 0 bridgehead atoms. The monoisotopic (exact) mass is 349 g/mol. The molecule has 0 amide bonds. The highest BCUT2D eigenvalue weighted by molar-refractivity contribution is 9.10. The van der Waals surface area contributed by atoms with Crippen LogP contribution in [-0.2, 0) is 0 Å². The minimum Gasteiger partial charge on any atom is -0.494 e. The van der Waals surface area contributed by atoms with Crippen molar-refractivity contribution in [2.75, 3.05) is 6.61 Å². The van der Waals surface area contributed by atoms with Crippen LogP contribution in [0.3, 0.4) is 0 Å². The van der Waals surface area contributed by atoms with E-state index in [1.807, 2.05) is 62.4 Å². The predicted octanol–water partition coefficient (Wildman–Crippen LogP) is 4.32. The van der Waals surface area contributed by atoms with Crippen molar-refractivity contribution in [1.82, 2.24) is 0 Å². The SMILES string of the molecule is CCOc1ccc(OC(c2ccc(Br)cc2)C(C)N)cc1. The van der Waals surface area contributed by atoms with Gasteiger partial charge < -0.3 is 15.2 Å². The number of hydrogen-bond acceptors (Lipinski definition) is 3. The Bertz CT molecular complexity index is 552. The zero-order valence-corrected chi connectivity index (χ0v) is 13.8. The predicted molar refractivity (Wildman–Crippen MR) is 88.8 cm³/mol. The molecule has 2 rings (SSSR count). The highest BCUT2D eigenvalue weighted by Crippen LogP contribution is 2.27. The molecule has 0 aliphatic carbocycles. The average Bonchev–Trinajstić information content (AvgIpc) is 2.47. The van der Waals surface area contributed by atoms with Gasteiger partial charge in [0.2, 0.25) is 0 Å². The van der Waals surface area contributed by atoms with Crippen molar-refractivity contribution in [3.8, 4) is 11.5 Å². The van der Waals surface area contributed by atoms with Gasteiger partial charge in [0.1, 0.15) is 17.6 Å². The second-order valence-corrected chi connectivity index (χ2v) is 5.77. The van der Waals surface area contributed by atoms with Gasteiger partial charge in [-0.15, -0.1) is 0 Å². The van der Waals surface area contributed by atoms with Gasteiger partial charge in [-0.3, -0.25) is 0 Å². The number of ether oxygens (including phenoxy) is 2. The lowest BCUT2D eigenvalue weighted by atomic mass is 10.0. The first kappa shape index (κ1) is 15.9. The molecule has 2 aromatic rings. The molecule has 4 heteroatoms. The van der Waals surface area contributed by atoms with E-state index in [9.17, 15) is 0 Å². The van der Waals surface area contributed by atoms with Crippen molar-refractivity contribution in [2.45, 2.75) is 26.0 Å². The largest absolute Gasteiger partial charge is 0.494 e. The van der Waals surface area contributed by atoms with E-state index >= 15 is 0 Å². The fourth-order valence-electron chi connectivity index (χ4n) is 2.06. The summed E-state index contributed by atoms with van der Waals surface area (Å²) in [5, 5.41) is 0. The minimum absolute atomic E-state index is 0.113. The first-order chi connectivity index (χ1) is 10.1. The van der Waals surface area contributed by atoms with Gasteiger partial charge in [0.15, 0.2) is 0 Å². The van der Waals surface area contributed by atoms with Gasteiger partial charge >= 0.3 is 0 Å². The first-order valence-corrected chi connectivity index (χ1v) is 7.80. The maximum absolute atomic E-state index is 6.07. The third kappa shape index (κ3) is 4.48. The molecule has 21 heavy (non-hydrogen) atoms. The van der Waals surface area contributed by atoms with Crippen molar-refractivity contribution < 1.29 is 9.47 Å². The van der Waals surface area contributed by atoms with E-state index in [2.05, 4.69) is 15.9 Å². The molecule has 0 heterocycles. The molecule has 2 atom stereocenters. The molecule has 0 aromatic heterocycles. The van der Waals surface area contributed by atoms with E-state index in [1.165, 1.54) is 0 Å². The zero-order chi connectivity index (χ0) is 15.2. The van der Waals surface area contributed by atoms with Crippen LogP contribution in [0.5, 0.6) is 11.5 Å². The van der Waals surface area contributed by atoms with Crippen LogP contribution in [0.2, 0.25) is 0 Å². The van der Waals surface area contributed by atoms with Crippen LogP contribution in [-0.4, -0.2) is 12.6 Å². The summed E-state index contributed by atoms with van der Waals surface area (Å²) < 4.78 is 12.5. The zero-order valence-electron chi connectivity index (χ0n) is 12.3. The highest BCUT2D eigenvalue weighted by Gasteiger charge is 2.18. The second kappa shape index (κ2) is 7.48. The molecule has 2 aromatic carbocycles. The normalized spacial score (nSPS) is 13.5. The summed E-state index contributed by atoms with van der Waals surface area (Å²) in [7, 11) is 0. The number of hydrogen-bond donors (Lipinski definition) is 1. The molecule has 0 spiro atoms. The third-order valence-electron chi connectivity index (χ3n) is 3.07. The fourth-order valence-corrected chi connectivity index (χ4v) is 2.32. The van der Waals surface area contributed by atoms with E-state index < -0.39 is 0 Å². The Morgan fingerprint density at radius 2 is 1.57 bits per heavy atom. The summed E-state index contributed by atoms with van der Waals surface area (Å²) in [5.41, 5.74) is 7.13. The molecule has 2 unspecified atom stereocenters. The smallest absolute Gasteiger partial charge is 0.138 e. The van der Waals surface area contributed by atoms with E-state index in [1.54, 1.807) is 0 Å². The Labute approximate surface area is 134 Å². The summed E-state index contributed by atoms with van der Waals surface area (Å²) in [4.78, 5) is 0. The summed E-state index contributed by atoms with van der Waals surface area (Å²) in [6, 6.07) is 15.5. The van der Waals surface area contributed by atoms with Crippen LogP contribution in [0.25, 0.3) is 0 Å². The highest BCUT2D eigenvalue weighted by atomic mass is 79.9. The van der Waals surface area contributed by atoms with E-state index in [4.69, 9.17) is 15.2 Å². The van der Waals surface area contributed by atoms with Gasteiger partial charge in [-0.1, -0.05) is 28.1 Å². The second-order valence-electron chi connectivity index (χ2n) is 4.85. The van der Waals surface area contributed by atoms with Gasteiger partial charge in [0.25, 0.3) is 0 Å². The van der Waals surface area contributed by atoms with Gasteiger partial charge in [-0.05, 0) is 55.8 Å². The lowest BCUT2D eigenvalue weighted by Crippen LogP contribution is -2.29. The van der Waals surface area contributed by atoms with Crippen LogP contribution in [0.15, 0.2) is 53.0 Å². The van der Waals surface area contributed by atoms with Gasteiger partial charge in [0, 0.05) is 10.5 Å². The molecule has 0 saturated carbocycles. The van der Waals surface area contributed by atoms with Crippen LogP contribution < -0.4 is 15.2 Å². The molecule has 0 radical (unpaired) electrons. The van der Waals surface area contributed by atoms with Crippen molar-refractivity contribution >= 4 is 15.9 Å². The summed E-state index contributed by atoms with van der Waals surface area (Å²) in [6.45, 7) is 4.56. The van der Waals surface area contributed by atoms with Crippen molar-refractivity contribution in [3.63, 3.8) is 0 Å². The van der Waals surface area contributed by atoms with Crippen LogP contribution in [0.1, 0.15) is 25.5 Å². The van der Waals surface area contributed by atoms with Crippen molar-refractivity contribution in [3.05, 3.63) is 58.6 Å². The topological polar surface area (TPSA) is 44.5 Å². The summed E-state index contributed by atoms with van der Waals surface area (Å²) in [5.74, 6) is 1.62. The van der Waals surface area contributed by atoms with E-state index in [0.29, 0.717) is 6.61 Å². The molecule has 0 saturated heterocycles. The lowest BCUT2D eigenvalue weighted by molar-refractivity contribution is 0.180. The molecule has 112 valence electrons. The molecule has 0 aliphatic heterocycles. The maximum atomic E-state index is 6.07. The lowest BCUT2D eigenvalue weighted by Gasteiger charge is -2.23. The van der Waals surface area contributed by atoms with Gasteiger partial charge in [0.05, 0.1) is 6.61 Å². The molecule has 2 N–H and O–H groups in total. The quantitative estimate of drug-likeness (QED) is 0.844. The van der Waals surface area contributed by atoms with Crippen molar-refractivity contribution in [2.24, 2.45) is 5.73 Å². The molecular weight excluding hydrogens is 330 g/mol. The standard InChI is InChI=1S/C17H20BrNO2/c1-3-20-15-8-10-16(11-9-15)21-17(12(2)19)13-4-6-14(18)7-5-13/h4-12,17H,3,19H2,1-2H3. The Morgan fingerprint density at radius 1 is 1.00 bits per heavy atom. The van der Waals surface area contributed by atoms with E-state index in [-0.39, 0.29) is 12.1 Å². The maximum Gasteiger partial charge on any atom is 0.138 e. The third-order valence-corrected chi connectivity index (χ3v) is 3.60. The number of nitrogens with two attached hydrogens (primary N) is 1. The number of halogens is 1. The van der Waals surface area contributed by atoms with Gasteiger partial charge in [-0.2, -0.15) is 0 Å².